The fourth-order valence-electron chi connectivity index (χ4n) is 1.75. The molecule has 0 saturated carbocycles. The Labute approximate surface area is 127 Å². The van der Waals surface area contributed by atoms with Gasteiger partial charge in [-0.15, -0.1) is 0 Å². The van der Waals surface area contributed by atoms with Crippen LogP contribution in [0.4, 0.5) is 0 Å². The van der Waals surface area contributed by atoms with Gasteiger partial charge in [0, 0.05) is 18.5 Å². The highest BCUT2D eigenvalue weighted by molar-refractivity contribution is 6.32. The molecule has 0 unspecified atom stereocenters. The molecule has 4 heteroatoms. The highest BCUT2D eigenvalue weighted by atomic mass is 35.5. The van der Waals surface area contributed by atoms with E-state index >= 15 is 0 Å². The molecule has 3 nitrogen and oxygen atoms in total. The van der Waals surface area contributed by atoms with Gasteiger partial charge in [-0.2, -0.15) is 0 Å². The molecule has 1 aromatic rings. The van der Waals surface area contributed by atoms with E-state index in [4.69, 9.17) is 16.3 Å². The second kappa shape index (κ2) is 7.87. The molecule has 0 aliphatic carbocycles. The zero-order chi connectivity index (χ0) is 15.2. The number of rotatable bonds is 8. The Morgan fingerprint density at radius 2 is 2.05 bits per heavy atom. The third-order valence-corrected chi connectivity index (χ3v) is 3.17. The number of benzene rings is 1. The molecule has 0 aliphatic heterocycles. The first-order chi connectivity index (χ1) is 9.29. The smallest absolute Gasteiger partial charge is 0.142 e. The summed E-state index contributed by atoms with van der Waals surface area (Å²) in [6.07, 6.45) is 0.567. The second-order valence-corrected chi connectivity index (χ2v) is 6.57. The lowest BCUT2D eigenvalue weighted by molar-refractivity contribution is 0.0552. The molecular formula is C16H26ClNO2. The van der Waals surface area contributed by atoms with Crippen LogP contribution in [0.1, 0.15) is 39.7 Å². The second-order valence-electron chi connectivity index (χ2n) is 6.16. The Kier molecular flexibility index (Phi) is 6.80. The predicted octanol–water partition coefficient (Wildman–Crippen LogP) is 3.63. The van der Waals surface area contributed by atoms with Crippen LogP contribution in [0, 0.1) is 5.92 Å². The number of ether oxygens (including phenoxy) is 1. The van der Waals surface area contributed by atoms with Gasteiger partial charge in [0.05, 0.1) is 17.2 Å². The van der Waals surface area contributed by atoms with Gasteiger partial charge < -0.3 is 15.2 Å². The lowest BCUT2D eigenvalue weighted by Gasteiger charge is -2.19. The van der Waals surface area contributed by atoms with Crippen molar-refractivity contribution in [1.29, 1.82) is 0 Å². The van der Waals surface area contributed by atoms with E-state index in [0.29, 0.717) is 24.0 Å². The largest absolute Gasteiger partial charge is 0.492 e. The third kappa shape index (κ3) is 6.60. The van der Waals surface area contributed by atoms with Crippen molar-refractivity contribution in [2.45, 2.75) is 46.3 Å². The topological polar surface area (TPSA) is 41.5 Å². The average Bonchev–Trinajstić information content (AvgIpc) is 2.30. The van der Waals surface area contributed by atoms with Crippen molar-refractivity contribution in [1.82, 2.24) is 5.32 Å². The summed E-state index contributed by atoms with van der Waals surface area (Å²) in [6, 6.07) is 5.77. The van der Waals surface area contributed by atoms with Crippen LogP contribution < -0.4 is 10.1 Å². The van der Waals surface area contributed by atoms with E-state index in [0.717, 1.165) is 24.4 Å². The van der Waals surface area contributed by atoms with Gasteiger partial charge in [0.25, 0.3) is 0 Å². The fourth-order valence-corrected chi connectivity index (χ4v) is 2.00. The molecule has 0 saturated heterocycles. The Hall–Kier alpha value is -0.770. The van der Waals surface area contributed by atoms with E-state index in [1.807, 2.05) is 18.2 Å². The molecule has 0 radical (unpaired) electrons. The zero-order valence-corrected chi connectivity index (χ0v) is 13.6. The lowest BCUT2D eigenvalue weighted by atomic mass is 10.1. The van der Waals surface area contributed by atoms with Gasteiger partial charge in [-0.1, -0.05) is 37.6 Å². The molecule has 0 atom stereocenters. The van der Waals surface area contributed by atoms with Crippen LogP contribution in [0.25, 0.3) is 0 Å². The minimum Gasteiger partial charge on any atom is -0.492 e. The molecule has 0 aromatic heterocycles. The average molecular weight is 300 g/mol. The molecular weight excluding hydrogens is 274 g/mol. The van der Waals surface area contributed by atoms with Crippen LogP contribution in [-0.2, 0) is 6.54 Å². The molecule has 1 aromatic carbocycles. The van der Waals surface area contributed by atoms with Gasteiger partial charge in [-0.25, -0.2) is 0 Å². The lowest BCUT2D eigenvalue weighted by Crippen LogP contribution is -2.22. The summed E-state index contributed by atoms with van der Waals surface area (Å²) in [4.78, 5) is 0. The van der Waals surface area contributed by atoms with E-state index in [1.54, 1.807) is 13.8 Å². The van der Waals surface area contributed by atoms with Crippen LogP contribution >= 0.6 is 11.6 Å². The number of hydrogen-bond acceptors (Lipinski definition) is 3. The van der Waals surface area contributed by atoms with Crippen LogP contribution in [0.2, 0.25) is 5.02 Å². The Balaban J connectivity index is 2.63. The first kappa shape index (κ1) is 17.3. The fraction of sp³-hybridized carbons (Fsp3) is 0.625. The first-order valence-electron chi connectivity index (χ1n) is 7.13. The van der Waals surface area contributed by atoms with Crippen molar-refractivity contribution in [2.75, 3.05) is 13.2 Å². The Morgan fingerprint density at radius 1 is 1.35 bits per heavy atom. The summed E-state index contributed by atoms with van der Waals surface area (Å²) in [6.45, 7) is 10.0. The van der Waals surface area contributed by atoms with E-state index in [1.165, 1.54) is 0 Å². The zero-order valence-electron chi connectivity index (χ0n) is 12.9. The number of aliphatic hydroxyl groups is 1. The third-order valence-electron chi connectivity index (χ3n) is 2.88. The number of hydrogen-bond donors (Lipinski definition) is 2. The van der Waals surface area contributed by atoms with Crippen molar-refractivity contribution in [3.63, 3.8) is 0 Å². The Morgan fingerprint density at radius 3 is 2.65 bits per heavy atom. The van der Waals surface area contributed by atoms with Crippen LogP contribution in [0.5, 0.6) is 5.75 Å². The molecule has 0 spiro atoms. The van der Waals surface area contributed by atoms with Crippen molar-refractivity contribution in [3.05, 3.63) is 28.8 Å². The van der Waals surface area contributed by atoms with Gasteiger partial charge in [0.2, 0.25) is 0 Å². The molecule has 2 N–H and O–H groups in total. The normalized spacial score (nSPS) is 11.9. The summed E-state index contributed by atoms with van der Waals surface area (Å²) >= 11 is 6.21. The molecule has 114 valence electrons. The minimum absolute atomic E-state index is 0.449. The van der Waals surface area contributed by atoms with Gasteiger partial charge in [-0.3, -0.25) is 0 Å². The minimum atomic E-state index is -0.725. The molecule has 20 heavy (non-hydrogen) atoms. The van der Waals surface area contributed by atoms with Gasteiger partial charge >= 0.3 is 0 Å². The summed E-state index contributed by atoms with van der Waals surface area (Å²) < 4.78 is 5.77. The summed E-state index contributed by atoms with van der Waals surface area (Å²) in [5, 5.41) is 13.7. The maximum Gasteiger partial charge on any atom is 0.142 e. The van der Waals surface area contributed by atoms with Gasteiger partial charge in [0.15, 0.2) is 0 Å². The molecule has 0 bridgehead atoms. The quantitative estimate of drug-likeness (QED) is 0.770. The molecule has 0 fully saturated rings. The van der Waals surface area contributed by atoms with E-state index in [2.05, 4.69) is 19.2 Å². The maximum absolute atomic E-state index is 9.71. The van der Waals surface area contributed by atoms with Crippen molar-refractivity contribution >= 4 is 11.6 Å². The van der Waals surface area contributed by atoms with Crippen molar-refractivity contribution in [3.8, 4) is 5.75 Å². The molecule has 0 heterocycles. The molecule has 0 aliphatic rings. The molecule has 1 rings (SSSR count). The Bertz CT molecular complexity index is 413. The van der Waals surface area contributed by atoms with Gasteiger partial charge in [0.1, 0.15) is 5.75 Å². The summed E-state index contributed by atoms with van der Waals surface area (Å²) in [5.74, 6) is 1.32. The van der Waals surface area contributed by atoms with E-state index < -0.39 is 5.60 Å². The first-order valence-corrected chi connectivity index (χ1v) is 7.50. The van der Waals surface area contributed by atoms with Crippen molar-refractivity contribution in [2.24, 2.45) is 5.92 Å². The van der Waals surface area contributed by atoms with E-state index in [-0.39, 0.29) is 0 Å². The van der Waals surface area contributed by atoms with Crippen LogP contribution in [-0.4, -0.2) is 23.9 Å². The van der Waals surface area contributed by atoms with Crippen LogP contribution in [0.3, 0.4) is 0 Å². The highest BCUT2D eigenvalue weighted by Gasteiger charge is 2.14. The maximum atomic E-state index is 9.71. The number of halogens is 1. The predicted molar refractivity (Wildman–Crippen MR) is 84.4 cm³/mol. The molecule has 0 amide bonds. The number of nitrogens with one attached hydrogen (secondary N) is 1. The number of para-hydroxylation sites is 1. The summed E-state index contributed by atoms with van der Waals surface area (Å²) in [7, 11) is 0. The van der Waals surface area contributed by atoms with Crippen LogP contribution in [0.15, 0.2) is 18.2 Å². The monoisotopic (exact) mass is 299 g/mol. The van der Waals surface area contributed by atoms with Gasteiger partial charge in [-0.05, 0) is 32.4 Å². The van der Waals surface area contributed by atoms with E-state index in [9.17, 15) is 5.11 Å². The highest BCUT2D eigenvalue weighted by Crippen LogP contribution is 2.29. The standard InChI is InChI=1S/C16H26ClNO2/c1-12(2)10-18-11-13-6-5-7-14(17)15(13)20-9-8-16(3,4)19/h5-7,12,18-19H,8-11H2,1-4H3. The van der Waals surface area contributed by atoms with Crippen molar-refractivity contribution < 1.29 is 9.84 Å². The SMILES string of the molecule is CC(C)CNCc1cccc(Cl)c1OCCC(C)(C)O. The summed E-state index contributed by atoms with van der Waals surface area (Å²) in [5.41, 5.74) is 0.325.